The lowest BCUT2D eigenvalue weighted by molar-refractivity contribution is -0.138. The number of halogens is 3. The maximum absolute atomic E-state index is 12.3. The summed E-state index contributed by atoms with van der Waals surface area (Å²) < 4.78 is 36.8. The molecule has 0 amide bonds. The van der Waals surface area contributed by atoms with Crippen molar-refractivity contribution in [2.75, 3.05) is 6.61 Å². The van der Waals surface area contributed by atoms with Crippen LogP contribution in [0.5, 0.6) is 0 Å². The van der Waals surface area contributed by atoms with Crippen molar-refractivity contribution in [2.45, 2.75) is 53.1 Å². The Bertz CT molecular complexity index is 436. The average molecular weight is 303 g/mol. The van der Waals surface area contributed by atoms with Gasteiger partial charge in [-0.25, -0.2) is 0 Å². The van der Waals surface area contributed by atoms with E-state index in [4.69, 9.17) is 15.4 Å². The fraction of sp³-hybridized carbons (Fsp3) is 0.786. The third-order valence-electron chi connectivity index (χ3n) is 2.54. The quantitative estimate of drug-likeness (QED) is 0.545. The fourth-order valence-corrected chi connectivity index (χ4v) is 1.46. The van der Waals surface area contributed by atoms with Crippen LogP contribution in [0.1, 0.15) is 47.0 Å². The van der Waals surface area contributed by atoms with Gasteiger partial charge in [0.1, 0.15) is 12.0 Å². The first kappa shape index (κ1) is 19.2. The molecule has 0 aliphatic rings. The summed E-state index contributed by atoms with van der Waals surface area (Å²) in [5, 5.41) is 21.9. The maximum atomic E-state index is 12.3. The molecular formula is C14H20F3N3O. The van der Waals surface area contributed by atoms with Gasteiger partial charge >= 0.3 is 6.18 Å². The van der Waals surface area contributed by atoms with Gasteiger partial charge in [-0.3, -0.25) is 0 Å². The molecule has 0 radical (unpaired) electrons. The molecule has 0 unspecified atom stereocenters. The zero-order valence-electron chi connectivity index (χ0n) is 12.7. The summed E-state index contributed by atoms with van der Waals surface area (Å²) in [7, 11) is 0. The van der Waals surface area contributed by atoms with Gasteiger partial charge in [-0.05, 0) is 18.8 Å². The van der Waals surface area contributed by atoms with Crippen LogP contribution < -0.4 is 0 Å². The molecule has 0 aliphatic heterocycles. The van der Waals surface area contributed by atoms with Crippen molar-refractivity contribution in [1.29, 1.82) is 10.5 Å². The minimum atomic E-state index is -4.40. The van der Waals surface area contributed by atoms with Crippen LogP contribution in [0.3, 0.4) is 0 Å². The Morgan fingerprint density at radius 2 is 1.62 bits per heavy atom. The lowest BCUT2D eigenvalue weighted by Gasteiger charge is -2.20. The molecule has 0 atom stereocenters. The van der Waals surface area contributed by atoms with Gasteiger partial charge in [0.15, 0.2) is 0 Å². The van der Waals surface area contributed by atoms with E-state index in [1.54, 1.807) is 12.1 Å². The molecule has 21 heavy (non-hydrogen) atoms. The largest absolute Gasteiger partial charge is 0.395 e. The minimum Gasteiger partial charge on any atom is -0.395 e. The number of alkyl halides is 3. The van der Waals surface area contributed by atoms with Crippen molar-refractivity contribution in [3.8, 4) is 12.1 Å². The zero-order valence-corrected chi connectivity index (χ0v) is 12.7. The SMILES string of the molecule is CC(CC(C#N)(C#N)CCC(F)(F)F)=NOCC(C)(C)C. The molecule has 0 saturated heterocycles. The Morgan fingerprint density at radius 1 is 1.10 bits per heavy atom. The van der Waals surface area contributed by atoms with E-state index in [-0.39, 0.29) is 11.8 Å². The third kappa shape index (κ3) is 8.91. The van der Waals surface area contributed by atoms with Crippen molar-refractivity contribution >= 4 is 5.71 Å². The van der Waals surface area contributed by atoms with Gasteiger partial charge < -0.3 is 4.84 Å². The van der Waals surface area contributed by atoms with E-state index in [1.165, 1.54) is 6.92 Å². The fourth-order valence-electron chi connectivity index (χ4n) is 1.46. The van der Waals surface area contributed by atoms with E-state index >= 15 is 0 Å². The number of oxime groups is 1. The van der Waals surface area contributed by atoms with E-state index in [1.807, 2.05) is 20.8 Å². The number of rotatable bonds is 6. The topological polar surface area (TPSA) is 69.2 Å². The summed E-state index contributed by atoms with van der Waals surface area (Å²) >= 11 is 0. The second-order valence-corrected chi connectivity index (χ2v) is 6.26. The monoisotopic (exact) mass is 303 g/mol. The number of hydrogen-bond donors (Lipinski definition) is 0. The smallest absolute Gasteiger partial charge is 0.389 e. The minimum absolute atomic E-state index is 0.110. The Balaban J connectivity index is 4.74. The van der Waals surface area contributed by atoms with E-state index in [9.17, 15) is 13.2 Å². The second-order valence-electron chi connectivity index (χ2n) is 6.26. The van der Waals surface area contributed by atoms with Gasteiger partial charge in [0.2, 0.25) is 0 Å². The summed E-state index contributed by atoms with van der Waals surface area (Å²) in [6.45, 7) is 7.68. The summed E-state index contributed by atoms with van der Waals surface area (Å²) in [6, 6.07) is 3.36. The molecule has 0 spiro atoms. The van der Waals surface area contributed by atoms with Gasteiger partial charge in [-0.15, -0.1) is 0 Å². The van der Waals surface area contributed by atoms with Crippen LogP contribution in [0, 0.1) is 33.5 Å². The first-order valence-corrected chi connectivity index (χ1v) is 6.48. The first-order chi connectivity index (χ1) is 9.43. The van der Waals surface area contributed by atoms with Crippen LogP contribution in [-0.4, -0.2) is 18.5 Å². The van der Waals surface area contributed by atoms with Gasteiger partial charge in [-0.2, -0.15) is 23.7 Å². The lowest BCUT2D eigenvalue weighted by atomic mass is 9.81. The molecule has 0 aliphatic carbocycles. The molecule has 118 valence electrons. The predicted octanol–water partition coefficient (Wildman–Crippen LogP) is 4.19. The van der Waals surface area contributed by atoms with Gasteiger partial charge in [0.25, 0.3) is 0 Å². The molecule has 0 aromatic carbocycles. The van der Waals surface area contributed by atoms with Crippen LogP contribution >= 0.6 is 0 Å². The molecule has 0 aromatic heterocycles. The Hall–Kier alpha value is -1.76. The maximum Gasteiger partial charge on any atom is 0.389 e. The Morgan fingerprint density at radius 3 is 2.00 bits per heavy atom. The Labute approximate surface area is 123 Å². The summed E-state index contributed by atoms with van der Waals surface area (Å²) in [5.74, 6) is 0. The van der Waals surface area contributed by atoms with Crippen molar-refractivity contribution in [3.63, 3.8) is 0 Å². The third-order valence-corrected chi connectivity index (χ3v) is 2.54. The molecule has 0 rings (SSSR count). The zero-order chi connectivity index (χ0) is 16.7. The van der Waals surface area contributed by atoms with Gasteiger partial charge in [0, 0.05) is 12.8 Å². The van der Waals surface area contributed by atoms with Crippen LogP contribution in [0.15, 0.2) is 5.16 Å². The first-order valence-electron chi connectivity index (χ1n) is 6.48. The molecule has 0 aromatic rings. The van der Waals surface area contributed by atoms with Gasteiger partial charge in [-0.1, -0.05) is 25.9 Å². The van der Waals surface area contributed by atoms with Crippen LogP contribution in [-0.2, 0) is 4.84 Å². The highest BCUT2D eigenvalue weighted by molar-refractivity contribution is 5.82. The summed E-state index contributed by atoms with van der Waals surface area (Å²) in [5.41, 5.74) is -1.51. The highest BCUT2D eigenvalue weighted by Gasteiger charge is 2.37. The number of hydrogen-bond acceptors (Lipinski definition) is 4. The van der Waals surface area contributed by atoms with Crippen LogP contribution in [0.4, 0.5) is 13.2 Å². The van der Waals surface area contributed by atoms with Crippen molar-refractivity contribution in [2.24, 2.45) is 16.0 Å². The van der Waals surface area contributed by atoms with Crippen LogP contribution in [0.2, 0.25) is 0 Å². The predicted molar refractivity (Wildman–Crippen MR) is 72.1 cm³/mol. The van der Waals surface area contributed by atoms with E-state index < -0.39 is 24.4 Å². The van der Waals surface area contributed by atoms with Crippen molar-refractivity contribution in [1.82, 2.24) is 0 Å². The van der Waals surface area contributed by atoms with E-state index in [2.05, 4.69) is 5.16 Å². The van der Waals surface area contributed by atoms with E-state index in [0.717, 1.165) is 0 Å². The lowest BCUT2D eigenvalue weighted by Crippen LogP contribution is -2.23. The Kier molecular flexibility index (Phi) is 6.69. The molecule has 0 saturated carbocycles. The van der Waals surface area contributed by atoms with Gasteiger partial charge in [0.05, 0.1) is 17.9 Å². The highest BCUT2D eigenvalue weighted by atomic mass is 19.4. The van der Waals surface area contributed by atoms with E-state index in [0.29, 0.717) is 12.3 Å². The highest BCUT2D eigenvalue weighted by Crippen LogP contribution is 2.33. The molecule has 0 heterocycles. The molecule has 4 nitrogen and oxygen atoms in total. The molecule has 0 N–H and O–H groups in total. The average Bonchev–Trinajstić information content (AvgIpc) is 2.32. The molecule has 0 fully saturated rings. The number of nitrogens with zero attached hydrogens (tertiary/aromatic N) is 3. The number of nitriles is 2. The summed E-state index contributed by atoms with van der Waals surface area (Å²) in [6.07, 6.45) is -6.31. The standard InChI is InChI=1S/C14H20F3N3O/c1-11(20-21-10-12(2,3)4)7-13(8-18,9-19)5-6-14(15,16)17/h5-7,10H2,1-4H3. The van der Waals surface area contributed by atoms with Crippen molar-refractivity contribution in [3.05, 3.63) is 0 Å². The van der Waals surface area contributed by atoms with Crippen molar-refractivity contribution < 1.29 is 18.0 Å². The molecule has 7 heteroatoms. The molecule has 0 bridgehead atoms. The molecular weight excluding hydrogens is 283 g/mol. The summed E-state index contributed by atoms with van der Waals surface area (Å²) in [4.78, 5) is 5.09. The normalized spacial score (nSPS) is 13.5. The van der Waals surface area contributed by atoms with Crippen LogP contribution in [0.25, 0.3) is 0 Å². The second kappa shape index (κ2) is 7.31.